The van der Waals surface area contributed by atoms with E-state index in [-0.39, 0.29) is 11.3 Å². The molecular weight excluding hydrogens is 235 g/mol. The summed E-state index contributed by atoms with van der Waals surface area (Å²) in [5.74, 6) is -0.939. The fourth-order valence-corrected chi connectivity index (χ4v) is 1.24. The Bertz CT molecular complexity index is 465. The molecule has 0 aliphatic heterocycles. The molecule has 18 heavy (non-hydrogen) atoms. The van der Waals surface area contributed by atoms with E-state index in [4.69, 9.17) is 5.73 Å². The standard InChI is InChI=1S/C13H19FN2O2/c1-12(2,13(3,4)18)16-11(17)9-6-5-8(14)7-10(9)15/h5-7,18H,15H2,1-4H3,(H,16,17). The van der Waals surface area contributed by atoms with Crippen molar-refractivity contribution in [3.05, 3.63) is 29.6 Å². The molecule has 0 spiro atoms. The van der Waals surface area contributed by atoms with Crippen LogP contribution in [0, 0.1) is 5.82 Å². The number of hydrogen-bond donors (Lipinski definition) is 3. The Morgan fingerprint density at radius 1 is 1.33 bits per heavy atom. The minimum absolute atomic E-state index is 0.0686. The van der Waals surface area contributed by atoms with Gasteiger partial charge in [-0.2, -0.15) is 0 Å². The van der Waals surface area contributed by atoms with Crippen LogP contribution in [0.3, 0.4) is 0 Å². The van der Waals surface area contributed by atoms with Crippen molar-refractivity contribution in [2.24, 2.45) is 0 Å². The predicted octanol–water partition coefficient (Wildman–Crippen LogP) is 1.69. The number of amides is 1. The van der Waals surface area contributed by atoms with Crippen LogP contribution in [0.25, 0.3) is 0 Å². The van der Waals surface area contributed by atoms with Gasteiger partial charge in [0.25, 0.3) is 5.91 Å². The van der Waals surface area contributed by atoms with Crippen LogP contribution in [0.2, 0.25) is 0 Å². The zero-order valence-electron chi connectivity index (χ0n) is 11.0. The van der Waals surface area contributed by atoms with Gasteiger partial charge in [0.1, 0.15) is 5.82 Å². The molecule has 1 rings (SSSR count). The SMILES string of the molecule is CC(C)(O)C(C)(C)NC(=O)c1ccc(F)cc1N. The molecule has 0 aliphatic carbocycles. The number of rotatable bonds is 3. The van der Waals surface area contributed by atoms with Crippen LogP contribution in [0.5, 0.6) is 0 Å². The van der Waals surface area contributed by atoms with Gasteiger partial charge < -0.3 is 16.2 Å². The molecule has 0 fully saturated rings. The minimum Gasteiger partial charge on any atom is -0.398 e. The van der Waals surface area contributed by atoms with Gasteiger partial charge in [0.15, 0.2) is 0 Å². The molecule has 5 heteroatoms. The van der Waals surface area contributed by atoms with Crippen LogP contribution in [0.1, 0.15) is 38.1 Å². The maximum absolute atomic E-state index is 12.9. The first-order valence-corrected chi connectivity index (χ1v) is 5.64. The van der Waals surface area contributed by atoms with Crippen molar-refractivity contribution in [3.8, 4) is 0 Å². The largest absolute Gasteiger partial charge is 0.398 e. The highest BCUT2D eigenvalue weighted by atomic mass is 19.1. The fourth-order valence-electron chi connectivity index (χ4n) is 1.24. The van der Waals surface area contributed by atoms with E-state index in [9.17, 15) is 14.3 Å². The van der Waals surface area contributed by atoms with Crippen molar-refractivity contribution >= 4 is 11.6 Å². The summed E-state index contributed by atoms with van der Waals surface area (Å²) in [6.07, 6.45) is 0. The maximum atomic E-state index is 12.9. The van der Waals surface area contributed by atoms with E-state index < -0.39 is 22.9 Å². The average Bonchev–Trinajstić information content (AvgIpc) is 2.14. The van der Waals surface area contributed by atoms with Gasteiger partial charge in [-0.1, -0.05) is 0 Å². The molecule has 1 amide bonds. The van der Waals surface area contributed by atoms with Gasteiger partial charge in [0, 0.05) is 5.69 Å². The number of nitrogen functional groups attached to an aromatic ring is 1. The summed E-state index contributed by atoms with van der Waals surface area (Å²) >= 11 is 0. The van der Waals surface area contributed by atoms with Crippen molar-refractivity contribution in [1.29, 1.82) is 0 Å². The Kier molecular flexibility index (Phi) is 3.67. The van der Waals surface area contributed by atoms with Crippen LogP contribution >= 0.6 is 0 Å². The Labute approximate surface area is 106 Å². The van der Waals surface area contributed by atoms with E-state index in [1.165, 1.54) is 12.1 Å². The number of anilines is 1. The van der Waals surface area contributed by atoms with Crippen LogP contribution in [0.4, 0.5) is 10.1 Å². The molecule has 0 saturated heterocycles. The Morgan fingerprint density at radius 3 is 2.33 bits per heavy atom. The number of benzene rings is 1. The first-order valence-electron chi connectivity index (χ1n) is 5.64. The fraction of sp³-hybridized carbons (Fsp3) is 0.462. The highest BCUT2D eigenvalue weighted by molar-refractivity contribution is 5.99. The third kappa shape index (κ3) is 2.98. The Morgan fingerprint density at radius 2 is 1.89 bits per heavy atom. The van der Waals surface area contributed by atoms with E-state index in [2.05, 4.69) is 5.32 Å². The van der Waals surface area contributed by atoms with E-state index in [0.29, 0.717) is 0 Å². The molecule has 0 bridgehead atoms. The van der Waals surface area contributed by atoms with Gasteiger partial charge in [0.05, 0.1) is 16.7 Å². The zero-order chi connectivity index (χ0) is 14.1. The molecule has 1 aromatic carbocycles. The number of carbonyl (C=O) groups is 1. The number of nitrogens with two attached hydrogens (primary N) is 1. The first-order chi connectivity index (χ1) is 8.04. The third-order valence-electron chi connectivity index (χ3n) is 3.21. The average molecular weight is 254 g/mol. The number of nitrogens with one attached hydrogen (secondary N) is 1. The highest BCUT2D eigenvalue weighted by Gasteiger charge is 2.36. The minimum atomic E-state index is -1.10. The second-order valence-electron chi connectivity index (χ2n) is 5.37. The lowest BCUT2D eigenvalue weighted by molar-refractivity contribution is -0.00291. The summed E-state index contributed by atoms with van der Waals surface area (Å²) in [6, 6.07) is 3.58. The second kappa shape index (κ2) is 4.57. The van der Waals surface area contributed by atoms with Crippen LogP contribution in [-0.2, 0) is 0 Å². The van der Waals surface area contributed by atoms with Crippen molar-refractivity contribution in [2.75, 3.05) is 5.73 Å². The van der Waals surface area contributed by atoms with E-state index in [1.807, 2.05) is 0 Å². The van der Waals surface area contributed by atoms with Gasteiger partial charge in [-0.15, -0.1) is 0 Å². The van der Waals surface area contributed by atoms with Gasteiger partial charge in [-0.25, -0.2) is 4.39 Å². The number of carbonyl (C=O) groups excluding carboxylic acids is 1. The van der Waals surface area contributed by atoms with Gasteiger partial charge in [-0.3, -0.25) is 4.79 Å². The highest BCUT2D eigenvalue weighted by Crippen LogP contribution is 2.22. The van der Waals surface area contributed by atoms with Gasteiger partial charge in [0.2, 0.25) is 0 Å². The topological polar surface area (TPSA) is 75.3 Å². The van der Waals surface area contributed by atoms with E-state index in [0.717, 1.165) is 6.07 Å². The summed E-state index contributed by atoms with van der Waals surface area (Å²) in [7, 11) is 0. The summed E-state index contributed by atoms with van der Waals surface area (Å²) in [5, 5.41) is 12.6. The smallest absolute Gasteiger partial charge is 0.253 e. The van der Waals surface area contributed by atoms with E-state index in [1.54, 1.807) is 27.7 Å². The van der Waals surface area contributed by atoms with Crippen molar-refractivity contribution < 1.29 is 14.3 Å². The lowest BCUT2D eigenvalue weighted by Crippen LogP contribution is -2.57. The number of aliphatic hydroxyl groups is 1. The number of halogens is 1. The van der Waals surface area contributed by atoms with Crippen LogP contribution in [-0.4, -0.2) is 22.2 Å². The molecule has 0 atom stereocenters. The quantitative estimate of drug-likeness (QED) is 0.718. The lowest BCUT2D eigenvalue weighted by atomic mass is 9.85. The van der Waals surface area contributed by atoms with Gasteiger partial charge in [-0.05, 0) is 45.9 Å². The predicted molar refractivity (Wildman–Crippen MR) is 68.7 cm³/mol. The molecule has 0 aliphatic rings. The summed E-state index contributed by atoms with van der Waals surface area (Å²) in [4.78, 5) is 12.0. The van der Waals surface area contributed by atoms with Crippen LogP contribution in [0.15, 0.2) is 18.2 Å². The van der Waals surface area contributed by atoms with Crippen molar-refractivity contribution in [1.82, 2.24) is 5.32 Å². The van der Waals surface area contributed by atoms with Crippen molar-refractivity contribution in [2.45, 2.75) is 38.8 Å². The third-order valence-corrected chi connectivity index (χ3v) is 3.21. The van der Waals surface area contributed by atoms with Crippen molar-refractivity contribution in [3.63, 3.8) is 0 Å². The summed E-state index contributed by atoms with van der Waals surface area (Å²) in [5.41, 5.74) is 3.90. The molecule has 0 saturated carbocycles. The molecule has 0 aromatic heterocycles. The zero-order valence-corrected chi connectivity index (χ0v) is 11.0. The first kappa shape index (κ1) is 14.4. The summed E-state index contributed by atoms with van der Waals surface area (Å²) in [6.45, 7) is 6.60. The summed E-state index contributed by atoms with van der Waals surface area (Å²) < 4.78 is 12.9. The molecule has 4 nitrogen and oxygen atoms in total. The monoisotopic (exact) mass is 254 g/mol. The molecule has 0 heterocycles. The number of hydrogen-bond acceptors (Lipinski definition) is 3. The molecule has 1 aromatic rings. The van der Waals surface area contributed by atoms with Gasteiger partial charge >= 0.3 is 0 Å². The second-order valence-corrected chi connectivity index (χ2v) is 5.37. The van der Waals surface area contributed by atoms with Crippen LogP contribution < -0.4 is 11.1 Å². The van der Waals surface area contributed by atoms with E-state index >= 15 is 0 Å². The molecule has 100 valence electrons. The lowest BCUT2D eigenvalue weighted by Gasteiger charge is -2.38. The maximum Gasteiger partial charge on any atom is 0.253 e. The molecule has 4 N–H and O–H groups in total. The Hall–Kier alpha value is -1.62. The molecule has 0 radical (unpaired) electrons. The Balaban J connectivity index is 2.96. The normalized spacial score (nSPS) is 12.3. The molecular formula is C13H19FN2O2. The molecule has 0 unspecified atom stereocenters.